The van der Waals surface area contributed by atoms with Gasteiger partial charge >= 0.3 is 0 Å². The van der Waals surface area contributed by atoms with E-state index >= 15 is 0 Å². The summed E-state index contributed by atoms with van der Waals surface area (Å²) in [6, 6.07) is 11.4. The number of aromatic nitrogens is 1. The molecule has 76 valence electrons. The molecule has 2 aromatic rings. The lowest BCUT2D eigenvalue weighted by atomic mass is 10.1. The Morgan fingerprint density at radius 1 is 1.07 bits per heavy atom. The number of halogens is 2. The summed E-state index contributed by atoms with van der Waals surface area (Å²) < 4.78 is 0. The van der Waals surface area contributed by atoms with Gasteiger partial charge in [-0.15, -0.1) is 0 Å². The molecule has 0 saturated carbocycles. The fourth-order valence-electron chi connectivity index (χ4n) is 1.43. The molecule has 0 amide bonds. The Bertz CT molecular complexity index is 474. The van der Waals surface area contributed by atoms with E-state index in [-0.39, 0.29) is 0 Å². The normalized spacial score (nSPS) is 10.3. The highest BCUT2D eigenvalue weighted by molar-refractivity contribution is 6.33. The Hall–Kier alpha value is -1.05. The van der Waals surface area contributed by atoms with Crippen molar-refractivity contribution in [3.63, 3.8) is 0 Å². The fraction of sp³-hybridized carbons (Fsp3) is 0.0833. The minimum Gasteiger partial charge on any atom is -0.236 e. The van der Waals surface area contributed by atoms with Crippen molar-refractivity contribution < 1.29 is 0 Å². The number of rotatable bonds is 1. The first kappa shape index (κ1) is 10.5. The van der Waals surface area contributed by atoms with E-state index in [4.69, 9.17) is 23.2 Å². The van der Waals surface area contributed by atoms with Crippen LogP contribution in [0.15, 0.2) is 36.4 Å². The Morgan fingerprint density at radius 2 is 1.80 bits per heavy atom. The van der Waals surface area contributed by atoms with E-state index < -0.39 is 0 Å². The zero-order chi connectivity index (χ0) is 10.8. The van der Waals surface area contributed by atoms with Gasteiger partial charge in [0.1, 0.15) is 5.15 Å². The van der Waals surface area contributed by atoms with Crippen LogP contribution in [0.4, 0.5) is 0 Å². The molecule has 0 aliphatic heterocycles. The van der Waals surface area contributed by atoms with Crippen molar-refractivity contribution >= 4 is 23.2 Å². The van der Waals surface area contributed by atoms with Crippen molar-refractivity contribution in [2.45, 2.75) is 6.92 Å². The largest absolute Gasteiger partial charge is 0.236 e. The van der Waals surface area contributed by atoms with Gasteiger partial charge in [-0.3, -0.25) is 0 Å². The molecule has 3 heteroatoms. The maximum absolute atomic E-state index is 6.08. The third kappa shape index (κ3) is 2.31. The van der Waals surface area contributed by atoms with Gasteiger partial charge in [-0.05, 0) is 30.7 Å². The topological polar surface area (TPSA) is 12.9 Å². The molecule has 1 nitrogen and oxygen atoms in total. The Morgan fingerprint density at radius 3 is 2.47 bits per heavy atom. The van der Waals surface area contributed by atoms with Crippen LogP contribution in [0.25, 0.3) is 11.3 Å². The highest BCUT2D eigenvalue weighted by atomic mass is 35.5. The lowest BCUT2D eigenvalue weighted by molar-refractivity contribution is 1.29. The van der Waals surface area contributed by atoms with Gasteiger partial charge in [0.05, 0.1) is 5.69 Å². The molecule has 2 rings (SSSR count). The lowest BCUT2D eigenvalue weighted by Gasteiger charge is -2.04. The first-order valence-corrected chi connectivity index (χ1v) is 5.31. The third-order valence-electron chi connectivity index (χ3n) is 2.09. The van der Waals surface area contributed by atoms with Crippen LogP contribution >= 0.6 is 23.2 Å². The van der Waals surface area contributed by atoms with Crippen LogP contribution in [-0.4, -0.2) is 4.98 Å². The summed E-state index contributed by atoms with van der Waals surface area (Å²) in [4.78, 5) is 4.25. The molecule has 0 spiro atoms. The van der Waals surface area contributed by atoms with Crippen LogP contribution in [-0.2, 0) is 0 Å². The lowest BCUT2D eigenvalue weighted by Crippen LogP contribution is -1.86. The van der Waals surface area contributed by atoms with E-state index in [1.54, 1.807) is 0 Å². The van der Waals surface area contributed by atoms with E-state index in [1.165, 1.54) is 0 Å². The predicted octanol–water partition coefficient (Wildman–Crippen LogP) is 4.36. The van der Waals surface area contributed by atoms with Crippen molar-refractivity contribution in [2.24, 2.45) is 0 Å². The first-order valence-electron chi connectivity index (χ1n) is 4.56. The minimum atomic E-state index is 0.491. The number of hydrogen-bond acceptors (Lipinski definition) is 1. The van der Waals surface area contributed by atoms with Gasteiger partial charge in [-0.2, -0.15) is 0 Å². The standard InChI is InChI=1S/C12H9Cl2N/c1-8-6-11(15-12(14)7-8)9-4-2-3-5-10(9)13/h2-7H,1H3. The molecule has 1 aromatic carbocycles. The molecule has 0 aliphatic rings. The van der Waals surface area contributed by atoms with Crippen LogP contribution in [0.5, 0.6) is 0 Å². The van der Waals surface area contributed by atoms with E-state index in [1.807, 2.05) is 43.3 Å². The van der Waals surface area contributed by atoms with Crippen LogP contribution < -0.4 is 0 Å². The summed E-state index contributed by atoms with van der Waals surface area (Å²) in [5, 5.41) is 1.18. The first-order chi connectivity index (χ1) is 7.16. The monoisotopic (exact) mass is 237 g/mol. The molecule has 15 heavy (non-hydrogen) atoms. The summed E-state index contributed by atoms with van der Waals surface area (Å²) in [7, 11) is 0. The quantitative estimate of drug-likeness (QED) is 0.672. The second-order valence-electron chi connectivity index (χ2n) is 3.33. The molecular weight excluding hydrogens is 229 g/mol. The van der Waals surface area contributed by atoms with Crippen LogP contribution in [0, 0.1) is 6.92 Å². The Labute approximate surface area is 98.7 Å². The van der Waals surface area contributed by atoms with Gasteiger partial charge in [-0.1, -0.05) is 41.4 Å². The van der Waals surface area contributed by atoms with Crippen molar-refractivity contribution in [2.75, 3.05) is 0 Å². The molecule has 0 atom stereocenters. The zero-order valence-corrected chi connectivity index (χ0v) is 9.68. The van der Waals surface area contributed by atoms with E-state index in [0.717, 1.165) is 16.8 Å². The summed E-state index contributed by atoms with van der Waals surface area (Å²) in [5.41, 5.74) is 2.79. The third-order valence-corrected chi connectivity index (χ3v) is 2.61. The predicted molar refractivity (Wildman–Crippen MR) is 64.4 cm³/mol. The van der Waals surface area contributed by atoms with Crippen LogP contribution in [0.1, 0.15) is 5.56 Å². The minimum absolute atomic E-state index is 0.491. The van der Waals surface area contributed by atoms with Crippen molar-refractivity contribution in [3.05, 3.63) is 52.1 Å². The fourth-order valence-corrected chi connectivity index (χ4v) is 1.93. The van der Waals surface area contributed by atoms with Crippen LogP contribution in [0.2, 0.25) is 10.2 Å². The van der Waals surface area contributed by atoms with Gasteiger partial charge in [0.15, 0.2) is 0 Å². The highest BCUT2D eigenvalue weighted by Gasteiger charge is 2.05. The SMILES string of the molecule is Cc1cc(Cl)nc(-c2ccccc2Cl)c1. The maximum atomic E-state index is 6.08. The van der Waals surface area contributed by atoms with E-state index in [2.05, 4.69) is 4.98 Å². The Kier molecular flexibility index (Phi) is 2.94. The molecule has 0 unspecified atom stereocenters. The Balaban J connectivity index is 2.59. The van der Waals surface area contributed by atoms with Gasteiger partial charge in [-0.25, -0.2) is 4.98 Å². The molecule has 0 N–H and O–H groups in total. The molecule has 1 heterocycles. The summed E-state index contributed by atoms with van der Waals surface area (Å²) in [6.45, 7) is 1.98. The summed E-state index contributed by atoms with van der Waals surface area (Å²) in [5.74, 6) is 0. The number of pyridine rings is 1. The second kappa shape index (κ2) is 4.21. The maximum Gasteiger partial charge on any atom is 0.130 e. The number of aryl methyl sites for hydroxylation is 1. The second-order valence-corrected chi connectivity index (χ2v) is 4.13. The molecule has 0 aliphatic carbocycles. The van der Waals surface area contributed by atoms with Crippen molar-refractivity contribution in [1.82, 2.24) is 4.98 Å². The van der Waals surface area contributed by atoms with Gasteiger partial charge in [0.2, 0.25) is 0 Å². The number of benzene rings is 1. The van der Waals surface area contributed by atoms with Crippen molar-refractivity contribution in [1.29, 1.82) is 0 Å². The summed E-state index contributed by atoms with van der Waals surface area (Å²) in [6.07, 6.45) is 0. The average molecular weight is 238 g/mol. The smallest absolute Gasteiger partial charge is 0.130 e. The number of hydrogen-bond donors (Lipinski definition) is 0. The molecule has 1 aromatic heterocycles. The average Bonchev–Trinajstić information content (AvgIpc) is 2.16. The number of nitrogens with zero attached hydrogens (tertiary/aromatic N) is 1. The van der Waals surface area contributed by atoms with Gasteiger partial charge < -0.3 is 0 Å². The summed E-state index contributed by atoms with van der Waals surface area (Å²) >= 11 is 12.0. The molecule has 0 saturated heterocycles. The highest BCUT2D eigenvalue weighted by Crippen LogP contribution is 2.27. The van der Waals surface area contributed by atoms with Gasteiger partial charge in [0, 0.05) is 10.6 Å². The van der Waals surface area contributed by atoms with E-state index in [9.17, 15) is 0 Å². The van der Waals surface area contributed by atoms with Crippen LogP contribution in [0.3, 0.4) is 0 Å². The van der Waals surface area contributed by atoms with Crippen molar-refractivity contribution in [3.8, 4) is 11.3 Å². The zero-order valence-electron chi connectivity index (χ0n) is 8.17. The molecule has 0 bridgehead atoms. The molecule has 0 radical (unpaired) electrons. The molecule has 0 fully saturated rings. The van der Waals surface area contributed by atoms with E-state index in [0.29, 0.717) is 10.2 Å². The molecular formula is C12H9Cl2N. The van der Waals surface area contributed by atoms with Gasteiger partial charge in [0.25, 0.3) is 0 Å².